The number of carbonyl (C=O) groups excluding carboxylic acids is 2. The average molecular weight is 465 g/mol. The summed E-state index contributed by atoms with van der Waals surface area (Å²) in [6.45, 7) is -0.432. The lowest BCUT2D eigenvalue weighted by Crippen LogP contribution is -2.41. The fraction of sp³-hybridized carbons (Fsp3) is 0.250. The van der Waals surface area contributed by atoms with Crippen LogP contribution in [0.1, 0.15) is 39.5 Å². The predicted octanol–water partition coefficient (Wildman–Crippen LogP) is 2.28. The van der Waals surface area contributed by atoms with E-state index in [1.165, 1.54) is 0 Å². The van der Waals surface area contributed by atoms with Crippen molar-refractivity contribution >= 4 is 18.0 Å². The number of carboxylic acids is 1. The highest BCUT2D eigenvalue weighted by atomic mass is 16.5. The van der Waals surface area contributed by atoms with Crippen molar-refractivity contribution < 1.29 is 33.9 Å². The van der Waals surface area contributed by atoms with Crippen molar-refractivity contribution in [3.8, 4) is 11.1 Å². The molecule has 2 amide bonds. The monoisotopic (exact) mass is 465 g/mol. The molecule has 1 aliphatic rings. The van der Waals surface area contributed by atoms with Gasteiger partial charge in [-0.1, -0.05) is 53.7 Å². The highest BCUT2D eigenvalue weighted by Crippen LogP contribution is 2.44. The molecule has 4 N–H and O–H groups in total. The van der Waals surface area contributed by atoms with Gasteiger partial charge < -0.3 is 30.1 Å². The van der Waals surface area contributed by atoms with E-state index in [2.05, 4.69) is 15.8 Å². The minimum Gasteiger partial charge on any atom is -0.480 e. The molecule has 1 aromatic heterocycles. The number of carbonyl (C=O) groups is 3. The zero-order chi connectivity index (χ0) is 24.1. The van der Waals surface area contributed by atoms with Crippen molar-refractivity contribution in [3.63, 3.8) is 0 Å². The summed E-state index contributed by atoms with van der Waals surface area (Å²) in [4.78, 5) is 35.9. The van der Waals surface area contributed by atoms with Crippen LogP contribution in [0.15, 0.2) is 59.3 Å². The Balaban J connectivity index is 1.35. The Morgan fingerprint density at radius 3 is 2.32 bits per heavy atom. The molecule has 0 saturated carbocycles. The fourth-order valence-electron chi connectivity index (χ4n) is 4.00. The number of alkyl carbamates (subject to hydrolysis) is 1. The van der Waals surface area contributed by atoms with Crippen molar-refractivity contribution in [2.45, 2.75) is 24.9 Å². The third-order valence-electron chi connectivity index (χ3n) is 5.65. The van der Waals surface area contributed by atoms with Crippen LogP contribution in [0.2, 0.25) is 0 Å². The Morgan fingerprint density at radius 1 is 1.06 bits per heavy atom. The van der Waals surface area contributed by atoms with Crippen molar-refractivity contribution in [1.29, 1.82) is 0 Å². The number of amides is 2. The lowest BCUT2D eigenvalue weighted by molar-refractivity contribution is -0.139. The topological polar surface area (TPSA) is 151 Å². The molecule has 3 aromatic rings. The standard InChI is InChI=1S/C24H23N3O7/c28-10-9-20(23(30)31)26-22(29)19-13-34-27-21(19)11-25-24(32)33-12-18-16-7-3-1-5-14(16)15-6-2-4-8-17(15)18/h1-8,13,18,20,28H,9-12H2,(H,25,32)(H,26,29)(H,30,31)/t20-/m0/s1. The van der Waals surface area contributed by atoms with Crippen LogP contribution in [0.5, 0.6) is 0 Å². The van der Waals surface area contributed by atoms with E-state index in [-0.39, 0.29) is 36.7 Å². The molecule has 2 aromatic carbocycles. The maximum atomic E-state index is 12.4. The Morgan fingerprint density at radius 2 is 1.71 bits per heavy atom. The number of aliphatic hydroxyl groups is 1. The van der Waals surface area contributed by atoms with Crippen molar-refractivity contribution in [1.82, 2.24) is 15.8 Å². The van der Waals surface area contributed by atoms with E-state index < -0.39 is 30.6 Å². The summed E-state index contributed by atoms with van der Waals surface area (Å²) in [5.41, 5.74) is 4.49. The molecule has 0 fully saturated rings. The first kappa shape index (κ1) is 23.0. The summed E-state index contributed by atoms with van der Waals surface area (Å²) in [5, 5.41) is 26.6. The molecule has 1 atom stereocenters. The zero-order valence-corrected chi connectivity index (χ0v) is 18.1. The summed E-state index contributed by atoms with van der Waals surface area (Å²) in [7, 11) is 0. The molecule has 1 aliphatic carbocycles. The SMILES string of the molecule is O=C(NCc1nocc1C(=O)N[C@@H](CCO)C(=O)O)OCC1c2ccccc2-c2ccccc21. The summed E-state index contributed by atoms with van der Waals surface area (Å²) >= 11 is 0. The van der Waals surface area contributed by atoms with E-state index in [4.69, 9.17) is 19.5 Å². The van der Waals surface area contributed by atoms with E-state index in [9.17, 15) is 14.4 Å². The first-order chi connectivity index (χ1) is 16.5. The lowest BCUT2D eigenvalue weighted by Gasteiger charge is -2.14. The molecular formula is C24H23N3O7. The van der Waals surface area contributed by atoms with Gasteiger partial charge in [-0.15, -0.1) is 0 Å². The van der Waals surface area contributed by atoms with Crippen LogP contribution >= 0.6 is 0 Å². The van der Waals surface area contributed by atoms with Crippen LogP contribution in [0.4, 0.5) is 4.79 Å². The van der Waals surface area contributed by atoms with Gasteiger partial charge in [-0.05, 0) is 22.3 Å². The van der Waals surface area contributed by atoms with Gasteiger partial charge in [0.2, 0.25) is 0 Å². The number of fused-ring (bicyclic) bond motifs is 3. The van der Waals surface area contributed by atoms with E-state index >= 15 is 0 Å². The number of benzene rings is 2. The Labute approximate surface area is 194 Å². The second-order valence-electron chi connectivity index (χ2n) is 7.73. The van der Waals surface area contributed by atoms with Crippen LogP contribution in [0.3, 0.4) is 0 Å². The molecule has 1 heterocycles. The van der Waals surface area contributed by atoms with E-state index in [1.807, 2.05) is 48.5 Å². The number of nitrogens with zero attached hydrogens (tertiary/aromatic N) is 1. The van der Waals surface area contributed by atoms with Gasteiger partial charge >= 0.3 is 12.1 Å². The number of hydrogen-bond acceptors (Lipinski definition) is 7. The van der Waals surface area contributed by atoms with E-state index in [1.54, 1.807) is 0 Å². The van der Waals surface area contributed by atoms with Gasteiger partial charge in [0.15, 0.2) is 0 Å². The zero-order valence-electron chi connectivity index (χ0n) is 18.1. The molecule has 34 heavy (non-hydrogen) atoms. The van der Waals surface area contributed by atoms with E-state index in [0.717, 1.165) is 28.5 Å². The molecule has 0 unspecified atom stereocenters. The molecule has 0 bridgehead atoms. The van der Waals surface area contributed by atoms with Gasteiger partial charge in [0.1, 0.15) is 30.2 Å². The smallest absolute Gasteiger partial charge is 0.407 e. The number of ether oxygens (including phenoxy) is 1. The van der Waals surface area contributed by atoms with Crippen LogP contribution in [-0.2, 0) is 16.1 Å². The van der Waals surface area contributed by atoms with Gasteiger partial charge in [0, 0.05) is 18.9 Å². The molecule has 0 radical (unpaired) electrons. The number of hydrogen-bond donors (Lipinski definition) is 4. The van der Waals surface area contributed by atoms with E-state index in [0.29, 0.717) is 0 Å². The second-order valence-corrected chi connectivity index (χ2v) is 7.73. The summed E-state index contributed by atoms with van der Waals surface area (Å²) in [5.74, 6) is -2.12. The minimum atomic E-state index is -1.28. The third kappa shape index (κ3) is 4.76. The number of aliphatic carboxylic acids is 1. The maximum absolute atomic E-state index is 12.4. The summed E-state index contributed by atoms with van der Waals surface area (Å²) in [6, 6.07) is 14.7. The van der Waals surface area contributed by atoms with Crippen LogP contribution in [0, 0.1) is 0 Å². The summed E-state index contributed by atoms with van der Waals surface area (Å²) in [6.07, 6.45) is 0.210. The van der Waals surface area contributed by atoms with Crippen LogP contribution in [0.25, 0.3) is 11.1 Å². The highest BCUT2D eigenvalue weighted by molar-refractivity contribution is 5.97. The predicted molar refractivity (Wildman–Crippen MR) is 119 cm³/mol. The van der Waals surface area contributed by atoms with Gasteiger partial charge in [0.25, 0.3) is 5.91 Å². The number of aromatic nitrogens is 1. The van der Waals surface area contributed by atoms with Crippen LogP contribution in [-0.4, -0.2) is 52.6 Å². The quantitative estimate of drug-likeness (QED) is 0.376. The summed E-state index contributed by atoms with van der Waals surface area (Å²) < 4.78 is 10.3. The van der Waals surface area contributed by atoms with Crippen molar-refractivity contribution in [3.05, 3.63) is 77.2 Å². The number of nitrogens with one attached hydrogen (secondary N) is 2. The minimum absolute atomic E-state index is 0.0249. The first-order valence-corrected chi connectivity index (χ1v) is 10.7. The largest absolute Gasteiger partial charge is 0.480 e. The Hall–Kier alpha value is -4.18. The number of carboxylic acid groups (broad SMARTS) is 1. The second kappa shape index (κ2) is 10.2. The molecule has 10 heteroatoms. The van der Waals surface area contributed by atoms with Crippen molar-refractivity contribution in [2.75, 3.05) is 13.2 Å². The highest BCUT2D eigenvalue weighted by Gasteiger charge is 2.29. The van der Waals surface area contributed by atoms with Crippen molar-refractivity contribution in [2.24, 2.45) is 0 Å². The lowest BCUT2D eigenvalue weighted by atomic mass is 9.98. The molecule has 176 valence electrons. The van der Waals surface area contributed by atoms with Gasteiger partial charge in [-0.3, -0.25) is 4.79 Å². The maximum Gasteiger partial charge on any atom is 0.407 e. The first-order valence-electron chi connectivity index (χ1n) is 10.7. The molecule has 0 saturated heterocycles. The Kier molecular flexibility index (Phi) is 6.88. The van der Waals surface area contributed by atoms with Crippen LogP contribution < -0.4 is 10.6 Å². The molecule has 10 nitrogen and oxygen atoms in total. The van der Waals surface area contributed by atoms with Gasteiger partial charge in [-0.2, -0.15) is 0 Å². The number of aliphatic hydroxyl groups excluding tert-OH is 1. The number of rotatable bonds is 9. The van der Waals surface area contributed by atoms with Gasteiger partial charge in [0.05, 0.1) is 6.54 Å². The molecular weight excluding hydrogens is 442 g/mol. The molecule has 4 rings (SSSR count). The molecule has 0 spiro atoms. The fourth-order valence-corrected chi connectivity index (χ4v) is 4.00. The Bertz CT molecular complexity index is 1160. The third-order valence-corrected chi connectivity index (χ3v) is 5.65. The van der Waals surface area contributed by atoms with Gasteiger partial charge in [-0.25, -0.2) is 9.59 Å². The normalized spacial score (nSPS) is 13.0. The molecule has 0 aliphatic heterocycles. The average Bonchev–Trinajstić information content (AvgIpc) is 3.44.